The highest BCUT2D eigenvalue weighted by molar-refractivity contribution is 5.92. The van der Waals surface area contributed by atoms with Crippen LogP contribution in [0.25, 0.3) is 0 Å². The lowest BCUT2D eigenvalue weighted by molar-refractivity contribution is -0.926. The molecule has 0 saturated heterocycles. The van der Waals surface area contributed by atoms with Gasteiger partial charge in [0.2, 0.25) is 0 Å². The van der Waals surface area contributed by atoms with Crippen molar-refractivity contribution in [3.05, 3.63) is 282 Å². The molecule has 34 heteroatoms. The van der Waals surface area contributed by atoms with Gasteiger partial charge in [-0.1, -0.05) is 175 Å². The quantitative estimate of drug-likeness (QED) is 0.00904. The third-order valence-corrected chi connectivity index (χ3v) is 23.6. The van der Waals surface area contributed by atoms with Gasteiger partial charge >= 0.3 is 41.8 Å². The Bertz CT molecular complexity index is 4070. The van der Waals surface area contributed by atoms with E-state index in [0.717, 1.165) is 183 Å². The number of nitro groups is 3. The third kappa shape index (κ3) is 78.5. The Morgan fingerprint density at radius 3 is 0.449 bits per heavy atom. The highest BCUT2D eigenvalue weighted by Crippen LogP contribution is 2.17. The molecule has 0 aromatic heterocycles. The molecule has 7 aromatic rings. The molecule has 0 spiro atoms. The van der Waals surface area contributed by atoms with Crippen LogP contribution in [0.3, 0.4) is 0 Å². The van der Waals surface area contributed by atoms with Crippen LogP contribution < -0.4 is 22.9 Å². The maximum absolute atomic E-state index is 12.0. The Morgan fingerprint density at radius 2 is 0.333 bits per heavy atom. The summed E-state index contributed by atoms with van der Waals surface area (Å²) in [6.45, 7) is 59.5. The molecule has 0 fully saturated rings. The highest BCUT2D eigenvalue weighted by Gasteiger charge is 2.29. The molecule has 0 radical (unpaired) electrons. The van der Waals surface area contributed by atoms with E-state index in [1.165, 1.54) is 86.2 Å². The smallest absolute Gasteiger partial charge is 0.338 e. The minimum absolute atomic E-state index is 0.211. The lowest BCUT2D eigenvalue weighted by atomic mass is 10.2. The average molecular weight is 2070 g/mol. The molecule has 0 heterocycles. The fourth-order valence-corrected chi connectivity index (χ4v) is 14.7. The van der Waals surface area contributed by atoms with E-state index in [4.69, 9.17) is 63.5 Å². The molecule has 1 atom stereocenters. The van der Waals surface area contributed by atoms with Crippen LogP contribution in [0.5, 0.6) is 0 Å². The summed E-state index contributed by atoms with van der Waals surface area (Å²) in [5, 5.41) is 26.4. The molecule has 0 aliphatic rings. The van der Waals surface area contributed by atoms with Crippen LogP contribution in [0.1, 0.15) is 221 Å². The summed E-state index contributed by atoms with van der Waals surface area (Å²) in [7, 11) is 21.1. The number of hydrogen-bond donors (Lipinski definition) is 4. The van der Waals surface area contributed by atoms with Gasteiger partial charge in [-0.05, 0) is 214 Å². The molecule has 0 amide bonds. The largest absolute Gasteiger partial charge is 0.456 e. The number of quaternary nitrogens is 7. The zero-order valence-corrected chi connectivity index (χ0v) is 95.6. The van der Waals surface area contributed by atoms with Gasteiger partial charge in [0.1, 0.15) is 92.1 Å². The van der Waals surface area contributed by atoms with Gasteiger partial charge in [-0.25, -0.2) is 33.6 Å². The van der Waals surface area contributed by atoms with E-state index in [1.54, 1.807) is 84.9 Å². The maximum atomic E-state index is 12.0. The molecule has 0 aliphatic heterocycles. The molecule has 7 rings (SSSR count). The monoisotopic (exact) mass is 2070 g/mol. The maximum Gasteiger partial charge on any atom is 0.338 e. The Hall–Kier alpha value is -11.4. The first kappa shape index (κ1) is 149. The van der Waals surface area contributed by atoms with Crippen LogP contribution in [-0.2, 0) is 33.2 Å². The van der Waals surface area contributed by atoms with Crippen LogP contribution in [0.15, 0.2) is 212 Å². The van der Waals surface area contributed by atoms with E-state index in [1.807, 2.05) is 127 Å². The summed E-state index contributed by atoms with van der Waals surface area (Å²) in [5.41, 5.74) is 22.4. The van der Waals surface area contributed by atoms with Crippen molar-refractivity contribution < 1.29 is 113 Å². The Kier molecular flexibility index (Phi) is 95.3. The summed E-state index contributed by atoms with van der Waals surface area (Å²) >= 11 is 0. The van der Waals surface area contributed by atoms with Crippen molar-refractivity contribution in [1.82, 2.24) is 0 Å². The number of nitrogens with two attached hydrogens (primary N) is 4. The summed E-state index contributed by atoms with van der Waals surface area (Å²) in [4.78, 5) is 107. The molecule has 7 aromatic carbocycles. The van der Waals surface area contributed by atoms with Crippen LogP contribution in [-0.4, -0.2) is 370 Å². The summed E-state index contributed by atoms with van der Waals surface area (Å²) in [5.74, 6) is -1.58. The van der Waals surface area contributed by atoms with E-state index in [-0.39, 0.29) is 41.8 Å². The second-order valence-electron chi connectivity index (χ2n) is 35.7. The molecule has 834 valence electrons. The first-order valence-electron chi connectivity index (χ1n) is 52.0. The van der Waals surface area contributed by atoms with E-state index >= 15 is 0 Å². The van der Waals surface area contributed by atoms with Gasteiger partial charge in [0, 0.05) is 14.8 Å². The number of unbranched alkanes of at least 4 members (excludes halogenated alkanes) is 1. The zero-order chi connectivity index (χ0) is 113. The molecule has 0 bridgehead atoms. The second kappa shape index (κ2) is 94.3. The minimum Gasteiger partial charge on any atom is -0.456 e. The number of rotatable bonds is 50. The number of ether oxygens (including phenoxy) is 7. The SMILES string of the molecule is CCCC[N+](CC)(CCC)CCOC(=O)c1ccccc1.CCC[N+](CC)(CCC)CCOC(=O)c1ccccc1.CCC[N+](CC)(CCC)CCOC(=O)c1ccccc1.CC[N+](CC)(CC)CCOC(=O)c1ccccc1.CC[N+](CC)(CC)CCOC(=O)c1ccccc1.CN.CN.CN.CN.C[N+](=O)[O-].C[N+](=O)[O-].C[N+](=O)[O-].C[N+](C)(C)CCOC(=O)c1ccccc1.C[N+](C)(C)CCOC(=O)c1ccccc1. The zero-order valence-electron chi connectivity index (χ0n) is 95.6. The van der Waals surface area contributed by atoms with Gasteiger partial charge in [-0.15, -0.1) is 0 Å². The van der Waals surface area contributed by atoms with Crippen molar-refractivity contribution >= 4 is 41.8 Å². The Balaban J connectivity index is -0.000000302. The number of carbonyl (C=O) groups excluding carboxylic acids is 7. The van der Waals surface area contributed by atoms with Crippen molar-refractivity contribution in [1.29, 1.82) is 0 Å². The van der Waals surface area contributed by atoms with Crippen molar-refractivity contribution in [3.8, 4) is 0 Å². The molecule has 34 nitrogen and oxygen atoms in total. The lowest BCUT2D eigenvalue weighted by Gasteiger charge is -2.37. The van der Waals surface area contributed by atoms with Crippen molar-refractivity contribution in [2.45, 2.75) is 149 Å². The molecule has 0 aliphatic carbocycles. The summed E-state index contributed by atoms with van der Waals surface area (Å²) in [6, 6.07) is 64.1. The number of nitrogens with zero attached hydrogens (tertiary/aromatic N) is 10. The van der Waals surface area contributed by atoms with Crippen LogP contribution in [0, 0.1) is 30.3 Å². The number of carbonyl (C=O) groups is 7. The Morgan fingerprint density at radius 1 is 0.211 bits per heavy atom. The molecule has 1 unspecified atom stereocenters. The van der Waals surface area contributed by atoms with Gasteiger partial charge in [-0.3, -0.25) is 30.3 Å². The number of hydrogen-bond acceptors (Lipinski definition) is 24. The van der Waals surface area contributed by atoms with E-state index < -0.39 is 14.8 Å². The molecule has 0 saturated carbocycles. The van der Waals surface area contributed by atoms with Crippen molar-refractivity contribution in [2.24, 2.45) is 22.9 Å². The van der Waals surface area contributed by atoms with Crippen LogP contribution >= 0.6 is 0 Å². The van der Waals surface area contributed by atoms with Gasteiger partial charge in [0.05, 0.1) is 179 Å². The first-order chi connectivity index (χ1) is 70.0. The van der Waals surface area contributed by atoms with E-state index in [2.05, 4.69) is 169 Å². The third-order valence-electron chi connectivity index (χ3n) is 23.6. The number of benzene rings is 7. The predicted octanol–water partition coefficient (Wildman–Crippen LogP) is 17.4. The van der Waals surface area contributed by atoms with Gasteiger partial charge < -0.3 is 87.5 Å². The van der Waals surface area contributed by atoms with Crippen molar-refractivity contribution in [2.75, 3.05) is 282 Å². The summed E-state index contributed by atoms with van der Waals surface area (Å²) in [6.07, 6.45) is 8.29. The fourth-order valence-electron chi connectivity index (χ4n) is 14.7. The topological polar surface area (TPSA) is 418 Å². The fraction of sp³-hybridized carbons (Fsp3) is 0.566. The van der Waals surface area contributed by atoms with Gasteiger partial charge in [0.15, 0.2) is 21.1 Å². The number of esters is 7. The van der Waals surface area contributed by atoms with E-state index in [0.29, 0.717) is 85.2 Å². The molecule has 147 heavy (non-hydrogen) atoms. The van der Waals surface area contributed by atoms with Crippen LogP contribution in [0.4, 0.5) is 0 Å². The minimum atomic E-state index is -0.500. The standard InChI is InChI=1S/C18H30NO2.2C17H28NO2.2C15H24NO2.2C12H18NO2.3CH3NO2.4CH5N/c1-4-7-14-19(6-3,13-5-2)15-16-21-18(20)17-11-9-8-10-12-17;2*1-4-12-18(6-3,13-5-2)14-15-20-17(19)16-10-8-7-9-11-16;2*1-4-16(5-2,6-3)12-13-18-15(17)14-10-8-7-9-11-14;2*1-13(2,3)9-10-15-12(14)11-7-5-4-6-8-11;3*1-2(3)4;4*1-2/h8-12H,4-7,13-16H2,1-3H3;2*7-11H,4-6,12-15H2,1-3H3;2*7-11H,4-6,12-13H2,1-3H3;2*4-8H,9-10H2,1-3H3;3*1H3;4*2H2,1H3/q7*+1;;;;;;;. The van der Waals surface area contributed by atoms with Crippen molar-refractivity contribution in [3.63, 3.8) is 0 Å². The average Bonchev–Trinajstić information content (AvgIpc) is 0.867. The lowest BCUT2D eigenvalue weighted by Crippen LogP contribution is -2.51. The molecular formula is C113H199N14O20+7. The first-order valence-corrected chi connectivity index (χ1v) is 52.0. The van der Waals surface area contributed by atoms with Gasteiger partial charge in [-0.2, -0.15) is 0 Å². The summed E-state index contributed by atoms with van der Waals surface area (Å²) < 4.78 is 44.0. The van der Waals surface area contributed by atoms with Crippen LogP contribution in [0.2, 0.25) is 0 Å². The molecular weight excluding hydrogens is 1870 g/mol. The Labute approximate surface area is 885 Å². The second-order valence-corrected chi connectivity index (χ2v) is 35.7. The normalized spacial score (nSPS) is 10.7. The number of likely N-dealkylation sites (N-methyl/N-ethyl adjacent to an activating group) is 7. The van der Waals surface area contributed by atoms with E-state index in [9.17, 15) is 33.6 Å². The molecule has 8 N–H and O–H groups in total. The predicted molar refractivity (Wildman–Crippen MR) is 598 cm³/mol. The van der Waals surface area contributed by atoms with Gasteiger partial charge in [0.25, 0.3) is 0 Å². The highest BCUT2D eigenvalue weighted by atomic mass is 16.6.